The van der Waals surface area contributed by atoms with E-state index in [9.17, 15) is 9.59 Å². The summed E-state index contributed by atoms with van der Waals surface area (Å²) >= 11 is 0. The molecule has 0 spiro atoms. The Morgan fingerprint density at radius 2 is 1.51 bits per heavy atom. The van der Waals surface area contributed by atoms with E-state index >= 15 is 0 Å². The fraction of sp³-hybridized carbons (Fsp3) is 0.333. The highest BCUT2D eigenvalue weighted by molar-refractivity contribution is 5.91. The minimum Gasteiger partial charge on any atom is -0.466 e. The summed E-state index contributed by atoms with van der Waals surface area (Å²) in [4.78, 5) is 28.3. The second-order valence-corrected chi connectivity index (χ2v) is 9.06. The van der Waals surface area contributed by atoms with Crippen LogP contribution in [0.15, 0.2) is 72.8 Å². The van der Waals surface area contributed by atoms with Gasteiger partial charge in [-0.05, 0) is 60.6 Å². The van der Waals surface area contributed by atoms with E-state index in [2.05, 4.69) is 71.6 Å². The summed E-state index contributed by atoms with van der Waals surface area (Å²) < 4.78 is 10.9. The van der Waals surface area contributed by atoms with E-state index in [1.54, 1.807) is 13.8 Å². The maximum Gasteiger partial charge on any atom is 0.329 e. The van der Waals surface area contributed by atoms with Crippen molar-refractivity contribution < 1.29 is 19.1 Å². The van der Waals surface area contributed by atoms with Crippen LogP contribution in [0.2, 0.25) is 0 Å². The summed E-state index contributed by atoms with van der Waals surface area (Å²) in [5.41, 5.74) is 7.02. The molecule has 3 unspecified atom stereocenters. The Balaban J connectivity index is 1.67. The lowest BCUT2D eigenvalue weighted by molar-refractivity contribution is -0.157. The molecule has 1 saturated heterocycles. The number of carbonyl (C=O) groups is 2. The number of nitrogens with zero attached hydrogens (tertiary/aromatic N) is 1. The quantitative estimate of drug-likeness (QED) is 0.346. The zero-order chi connectivity index (χ0) is 24.4. The molecule has 0 aromatic heterocycles. The van der Waals surface area contributed by atoms with Crippen molar-refractivity contribution in [3.8, 4) is 11.1 Å². The number of esters is 2. The lowest BCUT2D eigenvalue weighted by atomic mass is 9.85. The van der Waals surface area contributed by atoms with Crippen molar-refractivity contribution in [2.45, 2.75) is 38.6 Å². The number of rotatable bonds is 6. The molecule has 3 aromatic carbocycles. The Morgan fingerprint density at radius 1 is 0.829 bits per heavy atom. The molecule has 2 aliphatic rings. The summed E-state index contributed by atoms with van der Waals surface area (Å²) in [6, 6.07) is 24.6. The second kappa shape index (κ2) is 9.95. The van der Waals surface area contributed by atoms with Gasteiger partial charge in [0, 0.05) is 18.2 Å². The van der Waals surface area contributed by atoms with E-state index in [0.717, 1.165) is 12.1 Å². The average Bonchev–Trinajstić information content (AvgIpc) is 3.24. The molecule has 180 valence electrons. The molecule has 1 aliphatic heterocycles. The third-order valence-corrected chi connectivity index (χ3v) is 7.12. The molecule has 1 aliphatic carbocycles. The van der Waals surface area contributed by atoms with Gasteiger partial charge < -0.3 is 14.4 Å². The van der Waals surface area contributed by atoms with E-state index in [-0.39, 0.29) is 31.1 Å². The second-order valence-electron chi connectivity index (χ2n) is 9.06. The normalized spacial score (nSPS) is 20.6. The molecular weight excluding hydrogens is 438 g/mol. The maximum absolute atomic E-state index is 13.3. The van der Waals surface area contributed by atoms with Crippen molar-refractivity contribution in [3.63, 3.8) is 0 Å². The fourth-order valence-electron chi connectivity index (χ4n) is 5.76. The number of anilines is 1. The number of hydrogen-bond donors (Lipinski definition) is 0. The first-order valence-electron chi connectivity index (χ1n) is 12.5. The smallest absolute Gasteiger partial charge is 0.329 e. The van der Waals surface area contributed by atoms with Gasteiger partial charge in [-0.25, -0.2) is 4.79 Å². The third kappa shape index (κ3) is 4.09. The fourth-order valence-corrected chi connectivity index (χ4v) is 5.76. The maximum atomic E-state index is 13.3. The van der Waals surface area contributed by atoms with E-state index in [1.807, 2.05) is 6.07 Å². The van der Waals surface area contributed by atoms with Crippen LogP contribution < -0.4 is 4.90 Å². The number of ether oxygens (including phenoxy) is 2. The first-order chi connectivity index (χ1) is 17.2. The van der Waals surface area contributed by atoms with Crippen LogP contribution in [0.5, 0.6) is 0 Å². The summed E-state index contributed by atoms with van der Waals surface area (Å²) in [5.74, 6) is -1.21. The first kappa shape index (κ1) is 23.2. The van der Waals surface area contributed by atoms with Crippen LogP contribution in [-0.2, 0) is 19.1 Å². The van der Waals surface area contributed by atoms with Crippen LogP contribution in [0, 0.1) is 5.92 Å². The van der Waals surface area contributed by atoms with E-state index in [1.165, 1.54) is 27.8 Å². The molecule has 1 heterocycles. The lowest BCUT2D eigenvalue weighted by Gasteiger charge is -2.41. The van der Waals surface area contributed by atoms with E-state index in [4.69, 9.17) is 9.47 Å². The number of carbonyl (C=O) groups excluding carboxylic acids is 2. The van der Waals surface area contributed by atoms with Crippen molar-refractivity contribution in [3.05, 3.63) is 89.5 Å². The van der Waals surface area contributed by atoms with Gasteiger partial charge in [0.05, 0.1) is 19.1 Å². The molecule has 3 atom stereocenters. The number of piperidine rings is 1. The van der Waals surface area contributed by atoms with Gasteiger partial charge in [-0.15, -0.1) is 0 Å². The minimum absolute atomic E-state index is 0.0458. The van der Waals surface area contributed by atoms with Gasteiger partial charge in [-0.1, -0.05) is 66.7 Å². The molecule has 0 bridgehead atoms. The van der Waals surface area contributed by atoms with Crippen molar-refractivity contribution in [1.29, 1.82) is 0 Å². The van der Waals surface area contributed by atoms with Crippen LogP contribution in [0.3, 0.4) is 0 Å². The molecule has 5 rings (SSSR count). The zero-order valence-corrected chi connectivity index (χ0v) is 20.3. The predicted molar refractivity (Wildman–Crippen MR) is 136 cm³/mol. The SMILES string of the molecule is CCOC(=O)C1CCCN(c2cccc3c2C(c2ccccc2)c2ccccc2-3)C1C(=O)OCC. The zero-order valence-electron chi connectivity index (χ0n) is 20.3. The minimum atomic E-state index is -0.714. The first-order valence-corrected chi connectivity index (χ1v) is 12.5. The highest BCUT2D eigenvalue weighted by atomic mass is 16.5. The summed E-state index contributed by atoms with van der Waals surface area (Å²) in [7, 11) is 0. The standard InChI is InChI=1S/C30H31NO4/c1-3-34-29(32)24-17-11-19-31(28(24)30(33)35-4-2)25-18-10-16-23-21-14-8-9-15-22(21)26(27(23)25)20-12-6-5-7-13-20/h5-10,12-16,18,24,26,28H,3-4,11,17,19H2,1-2H3. The van der Waals surface area contributed by atoms with Crippen molar-refractivity contribution in [2.75, 3.05) is 24.7 Å². The molecule has 3 aromatic rings. The molecule has 0 radical (unpaired) electrons. The largest absolute Gasteiger partial charge is 0.466 e. The summed E-state index contributed by atoms with van der Waals surface area (Å²) in [6.45, 7) is 4.82. The lowest BCUT2D eigenvalue weighted by Crippen LogP contribution is -2.54. The van der Waals surface area contributed by atoms with Gasteiger partial charge in [0.25, 0.3) is 0 Å². The Bertz CT molecular complexity index is 1220. The molecule has 0 N–H and O–H groups in total. The Kier molecular flexibility index (Phi) is 6.58. The highest BCUT2D eigenvalue weighted by Gasteiger charge is 2.45. The van der Waals surface area contributed by atoms with Crippen LogP contribution in [-0.4, -0.2) is 37.7 Å². The molecule has 0 saturated carbocycles. The summed E-state index contributed by atoms with van der Waals surface area (Å²) in [5, 5.41) is 0. The van der Waals surface area contributed by atoms with Crippen LogP contribution in [0.1, 0.15) is 49.3 Å². The van der Waals surface area contributed by atoms with Gasteiger partial charge in [-0.2, -0.15) is 0 Å². The molecule has 5 nitrogen and oxygen atoms in total. The van der Waals surface area contributed by atoms with Crippen molar-refractivity contribution >= 4 is 17.6 Å². The van der Waals surface area contributed by atoms with Gasteiger partial charge in [0.1, 0.15) is 6.04 Å². The predicted octanol–water partition coefficient (Wildman–Crippen LogP) is 5.56. The Morgan fingerprint density at radius 3 is 2.29 bits per heavy atom. The number of fused-ring (bicyclic) bond motifs is 3. The van der Waals surface area contributed by atoms with Gasteiger partial charge in [-0.3, -0.25) is 4.79 Å². The van der Waals surface area contributed by atoms with Gasteiger partial charge in [0.15, 0.2) is 0 Å². The number of hydrogen-bond acceptors (Lipinski definition) is 5. The van der Waals surface area contributed by atoms with Crippen molar-refractivity contribution in [1.82, 2.24) is 0 Å². The van der Waals surface area contributed by atoms with Crippen LogP contribution >= 0.6 is 0 Å². The average molecular weight is 470 g/mol. The van der Waals surface area contributed by atoms with Gasteiger partial charge >= 0.3 is 11.9 Å². The molecule has 1 fully saturated rings. The highest BCUT2D eigenvalue weighted by Crippen LogP contribution is 2.52. The van der Waals surface area contributed by atoms with Crippen LogP contribution in [0.25, 0.3) is 11.1 Å². The third-order valence-electron chi connectivity index (χ3n) is 7.12. The van der Waals surface area contributed by atoms with E-state index < -0.39 is 12.0 Å². The molecule has 0 amide bonds. The Hall–Kier alpha value is -3.60. The molecule has 35 heavy (non-hydrogen) atoms. The molecule has 5 heteroatoms. The van der Waals surface area contributed by atoms with E-state index in [0.29, 0.717) is 13.0 Å². The topological polar surface area (TPSA) is 55.8 Å². The molecular formula is C30H31NO4. The Labute approximate surface area is 206 Å². The monoisotopic (exact) mass is 469 g/mol. The van der Waals surface area contributed by atoms with Gasteiger partial charge in [0.2, 0.25) is 0 Å². The number of benzene rings is 3. The van der Waals surface area contributed by atoms with Crippen LogP contribution in [0.4, 0.5) is 5.69 Å². The van der Waals surface area contributed by atoms with Crippen molar-refractivity contribution in [2.24, 2.45) is 5.92 Å². The summed E-state index contributed by atoms with van der Waals surface area (Å²) in [6.07, 6.45) is 1.40.